The number of nitrogens with one attached hydrogen (secondary N) is 1. The van der Waals surface area contributed by atoms with Crippen LogP contribution in [0, 0.1) is 0 Å². The number of benzene rings is 1. The number of carbonyl (C=O) groups is 1. The van der Waals surface area contributed by atoms with Crippen LogP contribution in [0.5, 0.6) is 0 Å². The molecule has 0 aliphatic heterocycles. The third kappa shape index (κ3) is 3.82. The third-order valence-electron chi connectivity index (χ3n) is 3.84. The lowest BCUT2D eigenvalue weighted by atomic mass is 10.2. The normalized spacial score (nSPS) is 14.6. The maximum Gasteiger partial charge on any atom is 0.253 e. The molecule has 0 radical (unpaired) electrons. The summed E-state index contributed by atoms with van der Waals surface area (Å²) in [5.41, 5.74) is 1.38. The Kier molecular flexibility index (Phi) is 4.42. The summed E-state index contributed by atoms with van der Waals surface area (Å²) in [6.45, 7) is 0.440. The lowest BCUT2D eigenvalue weighted by Crippen LogP contribution is -2.27. The number of hydrogen-bond donors (Lipinski definition) is 1. The number of carbonyl (C=O) groups excluding carboxylic acids is 1. The maximum absolute atomic E-state index is 12.4. The molecule has 1 amide bonds. The largest absolute Gasteiger partial charge is 0.337 e. The lowest BCUT2D eigenvalue weighted by molar-refractivity contribution is 0.0785. The molecule has 1 fully saturated rings. The summed E-state index contributed by atoms with van der Waals surface area (Å²) in [4.78, 5) is 14.2. The minimum atomic E-state index is -3.49. The minimum absolute atomic E-state index is 0.0573. The van der Waals surface area contributed by atoms with Gasteiger partial charge in [-0.25, -0.2) is 13.1 Å². The second-order valence-corrected chi connectivity index (χ2v) is 7.82. The lowest BCUT2D eigenvalue weighted by Gasteiger charge is -2.16. The van der Waals surface area contributed by atoms with Crippen molar-refractivity contribution in [1.82, 2.24) is 19.4 Å². The molecule has 0 saturated heterocycles. The van der Waals surface area contributed by atoms with E-state index in [1.807, 2.05) is 13.2 Å². The first-order valence-corrected chi connectivity index (χ1v) is 9.19. The zero-order valence-electron chi connectivity index (χ0n) is 13.6. The van der Waals surface area contributed by atoms with Gasteiger partial charge in [-0.05, 0) is 37.1 Å². The molecular weight excluding hydrogens is 328 g/mol. The van der Waals surface area contributed by atoms with Crippen LogP contribution in [-0.4, -0.2) is 42.1 Å². The molecular formula is C16H20N4O3S. The van der Waals surface area contributed by atoms with E-state index in [1.54, 1.807) is 35.0 Å². The van der Waals surface area contributed by atoms with Crippen LogP contribution in [0.3, 0.4) is 0 Å². The van der Waals surface area contributed by atoms with E-state index >= 15 is 0 Å². The first-order chi connectivity index (χ1) is 11.3. The second kappa shape index (κ2) is 6.37. The number of aryl methyl sites for hydroxylation is 1. The van der Waals surface area contributed by atoms with Gasteiger partial charge in [-0.1, -0.05) is 0 Å². The van der Waals surface area contributed by atoms with Crippen LogP contribution in [0.15, 0.2) is 41.6 Å². The quantitative estimate of drug-likeness (QED) is 0.848. The van der Waals surface area contributed by atoms with Gasteiger partial charge in [0.05, 0.1) is 11.1 Å². The molecule has 128 valence electrons. The van der Waals surface area contributed by atoms with E-state index in [0.717, 1.165) is 18.4 Å². The van der Waals surface area contributed by atoms with Crippen molar-refractivity contribution in [3.8, 4) is 0 Å². The van der Waals surface area contributed by atoms with Crippen molar-refractivity contribution >= 4 is 15.9 Å². The zero-order valence-corrected chi connectivity index (χ0v) is 14.5. The Balaban J connectivity index is 1.68. The molecule has 0 spiro atoms. The highest BCUT2D eigenvalue weighted by Crippen LogP contribution is 2.22. The summed E-state index contributed by atoms with van der Waals surface area (Å²) in [6.07, 6.45) is 5.33. The Morgan fingerprint density at radius 1 is 1.33 bits per heavy atom. The van der Waals surface area contributed by atoms with Crippen LogP contribution in [0.25, 0.3) is 0 Å². The molecule has 7 nitrogen and oxygen atoms in total. The summed E-state index contributed by atoms with van der Waals surface area (Å²) in [5.74, 6) is -0.169. The Bertz CT molecular complexity index is 838. The highest BCUT2D eigenvalue weighted by molar-refractivity contribution is 7.89. The Morgan fingerprint density at radius 2 is 2.00 bits per heavy atom. The molecule has 1 aromatic carbocycles. The minimum Gasteiger partial charge on any atom is -0.337 e. The molecule has 3 rings (SSSR count). The predicted molar refractivity (Wildman–Crippen MR) is 88.8 cm³/mol. The molecule has 1 aliphatic rings. The molecule has 1 saturated carbocycles. The van der Waals surface area contributed by atoms with Crippen molar-refractivity contribution in [2.24, 2.45) is 7.05 Å². The van der Waals surface area contributed by atoms with Crippen molar-refractivity contribution in [2.75, 3.05) is 7.05 Å². The van der Waals surface area contributed by atoms with E-state index in [1.165, 1.54) is 12.1 Å². The van der Waals surface area contributed by atoms with E-state index in [2.05, 4.69) is 9.82 Å². The SMILES string of the molecule is CN(Cc1cnn(C)c1)C(=O)c1ccc(S(=O)(=O)NC2CC2)cc1. The summed E-state index contributed by atoms with van der Waals surface area (Å²) >= 11 is 0. The van der Waals surface area contributed by atoms with Crippen molar-refractivity contribution in [3.63, 3.8) is 0 Å². The average Bonchev–Trinajstić information content (AvgIpc) is 3.26. The maximum atomic E-state index is 12.4. The van der Waals surface area contributed by atoms with Gasteiger partial charge in [0.2, 0.25) is 10.0 Å². The van der Waals surface area contributed by atoms with Crippen molar-refractivity contribution < 1.29 is 13.2 Å². The highest BCUT2D eigenvalue weighted by Gasteiger charge is 2.28. The fraction of sp³-hybridized carbons (Fsp3) is 0.375. The van der Waals surface area contributed by atoms with E-state index in [-0.39, 0.29) is 16.8 Å². The standard InChI is InChI=1S/C16H20N4O3S/c1-19(10-12-9-17-20(2)11-12)16(21)13-3-7-15(8-4-13)24(22,23)18-14-5-6-14/h3-4,7-9,11,14,18H,5-6,10H2,1-2H3. The van der Waals surface area contributed by atoms with E-state index < -0.39 is 10.0 Å². The summed E-state index contributed by atoms with van der Waals surface area (Å²) in [5, 5.41) is 4.07. The third-order valence-corrected chi connectivity index (χ3v) is 5.37. The van der Waals surface area contributed by atoms with Crippen LogP contribution < -0.4 is 4.72 Å². The Hall–Kier alpha value is -2.19. The zero-order chi connectivity index (χ0) is 17.3. The molecule has 2 aromatic rings. The fourth-order valence-electron chi connectivity index (χ4n) is 2.38. The number of amides is 1. The number of nitrogens with zero attached hydrogens (tertiary/aromatic N) is 3. The monoisotopic (exact) mass is 348 g/mol. The molecule has 0 unspecified atom stereocenters. The second-order valence-electron chi connectivity index (χ2n) is 6.10. The smallest absolute Gasteiger partial charge is 0.253 e. The van der Waals surface area contributed by atoms with Gasteiger partial charge in [-0.15, -0.1) is 0 Å². The van der Waals surface area contributed by atoms with Crippen LogP contribution in [0.4, 0.5) is 0 Å². The predicted octanol–water partition coefficient (Wildman–Crippen LogP) is 1.13. The van der Waals surface area contributed by atoms with E-state index in [0.29, 0.717) is 12.1 Å². The first-order valence-electron chi connectivity index (χ1n) is 7.70. The van der Waals surface area contributed by atoms with Gasteiger partial charge in [0.1, 0.15) is 0 Å². The van der Waals surface area contributed by atoms with E-state index in [4.69, 9.17) is 0 Å². The molecule has 0 bridgehead atoms. The number of rotatable bonds is 6. The first kappa shape index (κ1) is 16.7. The van der Waals surface area contributed by atoms with Gasteiger partial charge in [-0.3, -0.25) is 9.48 Å². The highest BCUT2D eigenvalue weighted by atomic mass is 32.2. The molecule has 8 heteroatoms. The summed E-state index contributed by atoms with van der Waals surface area (Å²) in [7, 11) is 0.0312. The van der Waals surface area contributed by atoms with Gasteiger partial charge in [-0.2, -0.15) is 5.10 Å². The molecule has 0 atom stereocenters. The van der Waals surface area contributed by atoms with Crippen LogP contribution >= 0.6 is 0 Å². The van der Waals surface area contributed by atoms with Crippen LogP contribution in [0.2, 0.25) is 0 Å². The van der Waals surface area contributed by atoms with Gasteiger partial charge in [0.15, 0.2) is 0 Å². The van der Waals surface area contributed by atoms with Crippen LogP contribution in [-0.2, 0) is 23.6 Å². The molecule has 1 aliphatic carbocycles. The van der Waals surface area contributed by atoms with Gasteiger partial charge >= 0.3 is 0 Å². The van der Waals surface area contributed by atoms with Crippen molar-refractivity contribution in [3.05, 3.63) is 47.8 Å². The van der Waals surface area contributed by atoms with Crippen molar-refractivity contribution in [1.29, 1.82) is 0 Å². The summed E-state index contributed by atoms with van der Waals surface area (Å²) < 4.78 is 28.6. The van der Waals surface area contributed by atoms with Gasteiger partial charge in [0.25, 0.3) is 5.91 Å². The Labute approximate surface area is 141 Å². The number of aromatic nitrogens is 2. The average molecular weight is 348 g/mol. The van der Waals surface area contributed by atoms with Crippen LogP contribution in [0.1, 0.15) is 28.8 Å². The van der Waals surface area contributed by atoms with E-state index in [9.17, 15) is 13.2 Å². The molecule has 1 heterocycles. The topological polar surface area (TPSA) is 84.3 Å². The summed E-state index contributed by atoms with van der Waals surface area (Å²) in [6, 6.07) is 6.08. The fourth-order valence-corrected chi connectivity index (χ4v) is 3.69. The number of hydrogen-bond acceptors (Lipinski definition) is 4. The molecule has 1 N–H and O–H groups in total. The Morgan fingerprint density at radius 3 is 2.54 bits per heavy atom. The van der Waals surface area contributed by atoms with Gasteiger partial charge in [0, 0.05) is 44.0 Å². The van der Waals surface area contributed by atoms with Crippen molar-refractivity contribution in [2.45, 2.75) is 30.3 Å². The number of sulfonamides is 1. The molecule has 24 heavy (non-hydrogen) atoms. The van der Waals surface area contributed by atoms with Gasteiger partial charge < -0.3 is 4.90 Å². The molecule has 1 aromatic heterocycles.